The summed E-state index contributed by atoms with van der Waals surface area (Å²) in [6.45, 7) is 3.07. The molecule has 34 heavy (non-hydrogen) atoms. The van der Waals surface area contributed by atoms with E-state index in [1.54, 1.807) is 19.2 Å². The first-order valence-corrected chi connectivity index (χ1v) is 13.7. The van der Waals surface area contributed by atoms with Crippen LogP contribution in [0.1, 0.15) is 107 Å². The van der Waals surface area contributed by atoms with Crippen LogP contribution in [0.15, 0.2) is 36.4 Å². The van der Waals surface area contributed by atoms with Crippen molar-refractivity contribution in [1.82, 2.24) is 0 Å². The number of ether oxygens (including phenoxy) is 1. The second kappa shape index (κ2) is 12.3. The van der Waals surface area contributed by atoms with E-state index in [1.165, 1.54) is 38.5 Å². The zero-order valence-electron chi connectivity index (χ0n) is 21.1. The van der Waals surface area contributed by atoms with Crippen LogP contribution in [0.2, 0.25) is 0 Å². The van der Waals surface area contributed by atoms with Crippen molar-refractivity contribution in [3.8, 4) is 11.1 Å². The minimum atomic E-state index is -0.240. The molecule has 2 aliphatic rings. The van der Waals surface area contributed by atoms with E-state index in [0.717, 1.165) is 62.2 Å². The van der Waals surface area contributed by atoms with E-state index >= 15 is 8.78 Å². The Morgan fingerprint density at radius 3 is 2.12 bits per heavy atom. The van der Waals surface area contributed by atoms with Crippen LogP contribution in [-0.4, -0.2) is 13.7 Å². The van der Waals surface area contributed by atoms with Gasteiger partial charge in [-0.05, 0) is 104 Å². The minimum Gasteiger partial charge on any atom is -0.384 e. The molecule has 2 saturated carbocycles. The molecule has 1 nitrogen and oxygen atoms in total. The van der Waals surface area contributed by atoms with Crippen LogP contribution in [0, 0.1) is 23.5 Å². The Kier molecular flexibility index (Phi) is 9.17. The molecule has 0 atom stereocenters. The maximum atomic E-state index is 15.1. The lowest BCUT2D eigenvalue weighted by Gasteiger charge is -2.29. The van der Waals surface area contributed by atoms with Crippen LogP contribution >= 0.6 is 0 Å². The summed E-state index contributed by atoms with van der Waals surface area (Å²) >= 11 is 0. The van der Waals surface area contributed by atoms with Crippen LogP contribution in [0.5, 0.6) is 0 Å². The number of hydrogen-bond acceptors (Lipinski definition) is 1. The first-order valence-electron chi connectivity index (χ1n) is 13.7. The average Bonchev–Trinajstić information content (AvgIpc) is 2.85. The average molecular weight is 469 g/mol. The largest absolute Gasteiger partial charge is 0.384 e. The molecule has 0 unspecified atom stereocenters. The van der Waals surface area contributed by atoms with E-state index in [-0.39, 0.29) is 11.6 Å². The molecule has 3 heteroatoms. The van der Waals surface area contributed by atoms with Crippen molar-refractivity contribution in [3.05, 3.63) is 59.2 Å². The number of methoxy groups -OCH3 is 1. The summed E-state index contributed by atoms with van der Waals surface area (Å²) in [7, 11) is 1.76. The number of benzene rings is 2. The lowest BCUT2D eigenvalue weighted by atomic mass is 9.76. The monoisotopic (exact) mass is 468 g/mol. The third-order valence-electron chi connectivity index (χ3n) is 8.53. The molecule has 0 aliphatic heterocycles. The molecule has 2 aromatic rings. The third kappa shape index (κ3) is 6.27. The van der Waals surface area contributed by atoms with E-state index < -0.39 is 0 Å². The summed E-state index contributed by atoms with van der Waals surface area (Å²) in [4.78, 5) is 0. The van der Waals surface area contributed by atoms with Gasteiger partial charge in [0.15, 0.2) is 0 Å². The van der Waals surface area contributed by atoms with Gasteiger partial charge in [0.1, 0.15) is 11.6 Å². The molecular weight excluding hydrogens is 426 g/mol. The van der Waals surface area contributed by atoms with Crippen molar-refractivity contribution >= 4 is 0 Å². The van der Waals surface area contributed by atoms with Crippen LogP contribution in [-0.2, 0) is 4.74 Å². The predicted octanol–water partition coefficient (Wildman–Crippen LogP) is 9.41. The molecule has 0 bridgehead atoms. The molecule has 4 rings (SSSR count). The summed E-state index contributed by atoms with van der Waals surface area (Å²) in [6, 6.07) is 11.0. The fourth-order valence-electron chi connectivity index (χ4n) is 6.39. The molecule has 2 aliphatic carbocycles. The fraction of sp³-hybridized carbons (Fsp3) is 0.613. The van der Waals surface area contributed by atoms with E-state index in [4.69, 9.17) is 4.74 Å². The van der Waals surface area contributed by atoms with Gasteiger partial charge in [0, 0.05) is 19.3 Å². The third-order valence-corrected chi connectivity index (χ3v) is 8.53. The first kappa shape index (κ1) is 25.4. The lowest BCUT2D eigenvalue weighted by Crippen LogP contribution is -2.17. The second-order valence-electron chi connectivity index (χ2n) is 10.9. The molecule has 0 saturated heterocycles. The topological polar surface area (TPSA) is 9.23 Å². The van der Waals surface area contributed by atoms with Gasteiger partial charge in [-0.2, -0.15) is 0 Å². The highest BCUT2D eigenvalue weighted by Crippen LogP contribution is 2.40. The van der Waals surface area contributed by atoms with Crippen molar-refractivity contribution in [2.45, 2.75) is 95.8 Å². The Hall–Kier alpha value is -1.74. The molecule has 2 aromatic carbocycles. The number of halogens is 2. The van der Waals surface area contributed by atoms with E-state index in [0.29, 0.717) is 28.9 Å². The van der Waals surface area contributed by atoms with Crippen molar-refractivity contribution in [2.75, 3.05) is 13.7 Å². The molecule has 0 N–H and O–H groups in total. The fourth-order valence-corrected chi connectivity index (χ4v) is 6.39. The molecule has 0 heterocycles. The van der Waals surface area contributed by atoms with E-state index in [2.05, 4.69) is 6.92 Å². The van der Waals surface area contributed by atoms with Crippen LogP contribution < -0.4 is 0 Å². The molecular formula is C31H42F2O. The summed E-state index contributed by atoms with van der Waals surface area (Å²) in [5.74, 6) is 1.74. The summed E-state index contributed by atoms with van der Waals surface area (Å²) in [5.41, 5.74) is 3.04. The van der Waals surface area contributed by atoms with Crippen molar-refractivity contribution in [1.29, 1.82) is 0 Å². The SMILES string of the molecule is CCCCCC1CCC(c2ccc(-c3ccc(C4CCC(COC)CC4)cc3F)cc2F)CC1. The van der Waals surface area contributed by atoms with Gasteiger partial charge in [0.25, 0.3) is 0 Å². The van der Waals surface area contributed by atoms with Crippen LogP contribution in [0.25, 0.3) is 11.1 Å². The van der Waals surface area contributed by atoms with Gasteiger partial charge in [0.2, 0.25) is 0 Å². The highest BCUT2D eigenvalue weighted by Gasteiger charge is 2.25. The number of unbranched alkanes of at least 4 members (excludes halogenated alkanes) is 2. The maximum absolute atomic E-state index is 15.1. The zero-order valence-corrected chi connectivity index (χ0v) is 21.1. The first-order chi connectivity index (χ1) is 16.6. The zero-order chi connectivity index (χ0) is 23.9. The Labute approximate surface area is 205 Å². The van der Waals surface area contributed by atoms with E-state index in [9.17, 15) is 0 Å². The predicted molar refractivity (Wildman–Crippen MR) is 137 cm³/mol. The molecule has 0 aromatic heterocycles. The van der Waals surface area contributed by atoms with Gasteiger partial charge in [-0.25, -0.2) is 8.78 Å². The quantitative estimate of drug-likeness (QED) is 0.333. The van der Waals surface area contributed by atoms with Gasteiger partial charge < -0.3 is 4.74 Å². The van der Waals surface area contributed by atoms with Gasteiger partial charge in [-0.15, -0.1) is 0 Å². The lowest BCUT2D eigenvalue weighted by molar-refractivity contribution is 0.127. The number of hydrogen-bond donors (Lipinski definition) is 0. The number of rotatable bonds is 9. The molecule has 0 spiro atoms. The smallest absolute Gasteiger partial charge is 0.131 e. The highest BCUT2D eigenvalue weighted by atomic mass is 19.1. The Morgan fingerprint density at radius 1 is 0.765 bits per heavy atom. The van der Waals surface area contributed by atoms with Crippen LogP contribution in [0.3, 0.4) is 0 Å². The van der Waals surface area contributed by atoms with Crippen molar-refractivity contribution in [3.63, 3.8) is 0 Å². The maximum Gasteiger partial charge on any atom is 0.131 e. The Bertz CT molecular complexity index is 908. The highest BCUT2D eigenvalue weighted by molar-refractivity contribution is 5.65. The van der Waals surface area contributed by atoms with Crippen molar-refractivity contribution < 1.29 is 13.5 Å². The van der Waals surface area contributed by atoms with Gasteiger partial charge >= 0.3 is 0 Å². The van der Waals surface area contributed by atoms with Crippen LogP contribution in [0.4, 0.5) is 8.78 Å². The minimum absolute atomic E-state index is 0.174. The second-order valence-corrected chi connectivity index (χ2v) is 10.9. The molecule has 186 valence electrons. The molecule has 2 fully saturated rings. The van der Waals surface area contributed by atoms with Crippen molar-refractivity contribution in [2.24, 2.45) is 11.8 Å². The Morgan fingerprint density at radius 2 is 1.47 bits per heavy atom. The van der Waals surface area contributed by atoms with Gasteiger partial charge in [0.05, 0.1) is 0 Å². The molecule has 0 radical (unpaired) electrons. The van der Waals surface area contributed by atoms with Gasteiger partial charge in [-0.3, -0.25) is 0 Å². The standard InChI is InChI=1S/C31H42F2O/c1-3-4-5-6-22-7-13-25(14-8-22)28-18-16-27(20-31(28)33)29-17-15-26(19-30(29)32)24-11-9-23(10-12-24)21-34-2/h15-20,22-25H,3-14,21H2,1-2H3. The summed E-state index contributed by atoms with van der Waals surface area (Å²) < 4.78 is 35.5. The Balaban J connectivity index is 1.38. The molecule has 0 amide bonds. The normalized spacial score (nSPS) is 25.4. The summed E-state index contributed by atoms with van der Waals surface area (Å²) in [5, 5.41) is 0. The van der Waals surface area contributed by atoms with E-state index in [1.807, 2.05) is 24.3 Å². The van der Waals surface area contributed by atoms with Gasteiger partial charge in [-0.1, -0.05) is 56.9 Å². The summed E-state index contributed by atoms with van der Waals surface area (Å²) in [6.07, 6.45) is 14.2.